The molecule has 0 aliphatic carbocycles. The lowest BCUT2D eigenvalue weighted by molar-refractivity contribution is 0.178. The Hall–Kier alpha value is 0.0200. The third-order valence-corrected chi connectivity index (χ3v) is 0.690. The zero-order valence-corrected chi connectivity index (χ0v) is 7.03. The first-order chi connectivity index (χ1) is 3.63. The fraction of sp³-hybridized carbons (Fsp3) is 0.667. The Bertz CT molecular complexity index is 82.5. The summed E-state index contributed by atoms with van der Waals surface area (Å²) in [4.78, 5) is 0. The Morgan fingerprint density at radius 1 is 1.62 bits per heavy atom. The van der Waals surface area contributed by atoms with Crippen LogP contribution in [0.3, 0.4) is 0 Å². The third kappa shape index (κ3) is 6.02. The van der Waals surface area contributed by atoms with Crippen LogP contribution in [0.1, 0.15) is 20.8 Å². The molecule has 0 N–H and O–H groups in total. The number of rotatable bonds is 2. The van der Waals surface area contributed by atoms with Crippen molar-refractivity contribution < 1.29 is 4.74 Å². The number of hydrogen-bond acceptors (Lipinski definition) is 1. The quantitative estimate of drug-likeness (QED) is 0.592. The van der Waals surface area contributed by atoms with E-state index in [2.05, 4.69) is 15.9 Å². The number of ether oxygens (including phenoxy) is 1. The Morgan fingerprint density at radius 2 is 2.12 bits per heavy atom. The standard InChI is InChI=1S/C6H11BrO/c1-5(2)8-4-6(3)7/h4-5H,1-3H3/b6-4-. The largest absolute Gasteiger partial charge is 0.498 e. The van der Waals surface area contributed by atoms with Gasteiger partial charge in [-0.15, -0.1) is 0 Å². The highest BCUT2D eigenvalue weighted by atomic mass is 79.9. The van der Waals surface area contributed by atoms with Crippen LogP contribution in [-0.4, -0.2) is 6.10 Å². The van der Waals surface area contributed by atoms with Crippen LogP contribution >= 0.6 is 15.9 Å². The molecule has 48 valence electrons. The molecular formula is C6H11BrO. The molecule has 0 saturated heterocycles. The molecule has 0 saturated carbocycles. The van der Waals surface area contributed by atoms with Gasteiger partial charge in [0.15, 0.2) is 0 Å². The number of halogens is 1. The Kier molecular flexibility index (Phi) is 3.97. The topological polar surface area (TPSA) is 9.23 Å². The molecular weight excluding hydrogens is 168 g/mol. The van der Waals surface area contributed by atoms with E-state index in [0.29, 0.717) is 0 Å². The fourth-order valence-corrected chi connectivity index (χ4v) is 0.338. The molecule has 1 nitrogen and oxygen atoms in total. The molecule has 0 rings (SSSR count). The molecule has 0 aliphatic rings. The first-order valence-corrected chi connectivity index (χ1v) is 3.40. The fourth-order valence-electron chi connectivity index (χ4n) is 0.230. The Morgan fingerprint density at radius 3 is 2.25 bits per heavy atom. The summed E-state index contributed by atoms with van der Waals surface area (Å²) in [6.45, 7) is 5.92. The summed E-state index contributed by atoms with van der Waals surface area (Å²) < 4.78 is 6.11. The second-order valence-electron chi connectivity index (χ2n) is 1.89. The normalized spacial score (nSPS) is 12.4. The van der Waals surface area contributed by atoms with Gasteiger partial charge in [-0.25, -0.2) is 0 Å². The van der Waals surface area contributed by atoms with Crippen LogP contribution in [0.5, 0.6) is 0 Å². The average molecular weight is 179 g/mol. The zero-order valence-electron chi connectivity index (χ0n) is 5.44. The van der Waals surface area contributed by atoms with E-state index >= 15 is 0 Å². The molecule has 0 spiro atoms. The predicted molar refractivity (Wildman–Crippen MR) is 38.9 cm³/mol. The van der Waals surface area contributed by atoms with Crippen molar-refractivity contribution in [1.82, 2.24) is 0 Å². The van der Waals surface area contributed by atoms with E-state index in [1.807, 2.05) is 20.8 Å². The van der Waals surface area contributed by atoms with Crippen molar-refractivity contribution in [2.75, 3.05) is 0 Å². The minimum atomic E-state index is 0.280. The van der Waals surface area contributed by atoms with Crippen LogP contribution in [0.2, 0.25) is 0 Å². The van der Waals surface area contributed by atoms with Gasteiger partial charge in [-0.3, -0.25) is 0 Å². The van der Waals surface area contributed by atoms with Crippen molar-refractivity contribution in [1.29, 1.82) is 0 Å². The van der Waals surface area contributed by atoms with Gasteiger partial charge < -0.3 is 4.74 Å². The van der Waals surface area contributed by atoms with Gasteiger partial charge in [0.05, 0.1) is 12.4 Å². The molecule has 2 heteroatoms. The van der Waals surface area contributed by atoms with E-state index < -0.39 is 0 Å². The van der Waals surface area contributed by atoms with E-state index in [9.17, 15) is 0 Å². The maximum Gasteiger partial charge on any atom is 0.0931 e. The summed E-state index contributed by atoms with van der Waals surface area (Å²) in [5.74, 6) is 0. The van der Waals surface area contributed by atoms with Crippen molar-refractivity contribution in [3.8, 4) is 0 Å². The van der Waals surface area contributed by atoms with E-state index in [1.165, 1.54) is 0 Å². The van der Waals surface area contributed by atoms with Gasteiger partial charge in [0, 0.05) is 4.48 Å². The maximum atomic E-state index is 5.09. The minimum absolute atomic E-state index is 0.280. The molecule has 8 heavy (non-hydrogen) atoms. The second kappa shape index (κ2) is 3.96. The first kappa shape index (κ1) is 8.02. The third-order valence-electron chi connectivity index (χ3n) is 0.503. The van der Waals surface area contributed by atoms with Gasteiger partial charge in [-0.1, -0.05) is 15.9 Å². The predicted octanol–water partition coefficient (Wildman–Crippen LogP) is 2.67. The molecule has 0 aliphatic heterocycles. The lowest BCUT2D eigenvalue weighted by atomic mass is 10.5. The highest BCUT2D eigenvalue weighted by Gasteiger charge is 1.85. The van der Waals surface area contributed by atoms with Crippen LogP contribution in [0.4, 0.5) is 0 Å². The Balaban J connectivity index is 3.29. The molecule has 0 unspecified atom stereocenters. The summed E-state index contributed by atoms with van der Waals surface area (Å²) in [5, 5.41) is 0. The van der Waals surface area contributed by atoms with Crippen LogP contribution in [-0.2, 0) is 4.74 Å². The second-order valence-corrected chi connectivity index (χ2v) is 3.14. The molecule has 0 heterocycles. The van der Waals surface area contributed by atoms with Crippen molar-refractivity contribution in [2.45, 2.75) is 26.9 Å². The lowest BCUT2D eigenvalue weighted by Crippen LogP contribution is -1.94. The zero-order chi connectivity index (χ0) is 6.57. The molecule has 0 bridgehead atoms. The molecule has 0 radical (unpaired) electrons. The van der Waals surface area contributed by atoms with Gasteiger partial charge in [0.2, 0.25) is 0 Å². The van der Waals surface area contributed by atoms with Gasteiger partial charge in [-0.05, 0) is 20.8 Å². The molecule has 0 aromatic heterocycles. The number of hydrogen-bond donors (Lipinski definition) is 0. The summed E-state index contributed by atoms with van der Waals surface area (Å²) in [5.41, 5.74) is 0. The van der Waals surface area contributed by atoms with Crippen molar-refractivity contribution in [3.05, 3.63) is 10.7 Å². The first-order valence-electron chi connectivity index (χ1n) is 2.60. The lowest BCUT2D eigenvalue weighted by Gasteiger charge is -2.02. The Labute approximate surface area is 58.9 Å². The monoisotopic (exact) mass is 178 g/mol. The van der Waals surface area contributed by atoms with E-state index in [0.717, 1.165) is 4.48 Å². The molecule has 0 atom stereocenters. The van der Waals surface area contributed by atoms with E-state index in [-0.39, 0.29) is 6.10 Å². The SMILES string of the molecule is C/C(Br)=C/OC(C)C. The van der Waals surface area contributed by atoms with Crippen molar-refractivity contribution in [2.24, 2.45) is 0 Å². The highest BCUT2D eigenvalue weighted by Crippen LogP contribution is 2.02. The van der Waals surface area contributed by atoms with Gasteiger partial charge in [0.25, 0.3) is 0 Å². The van der Waals surface area contributed by atoms with Gasteiger partial charge >= 0.3 is 0 Å². The summed E-state index contributed by atoms with van der Waals surface area (Å²) in [7, 11) is 0. The van der Waals surface area contributed by atoms with Gasteiger partial charge in [0.1, 0.15) is 0 Å². The average Bonchev–Trinajstić information content (AvgIpc) is 1.61. The van der Waals surface area contributed by atoms with Crippen molar-refractivity contribution >= 4 is 15.9 Å². The summed E-state index contributed by atoms with van der Waals surface area (Å²) >= 11 is 3.24. The maximum absolute atomic E-state index is 5.09. The van der Waals surface area contributed by atoms with E-state index in [1.54, 1.807) is 6.26 Å². The van der Waals surface area contributed by atoms with Crippen LogP contribution in [0.25, 0.3) is 0 Å². The molecule has 0 aromatic carbocycles. The highest BCUT2D eigenvalue weighted by molar-refractivity contribution is 9.11. The summed E-state index contributed by atoms with van der Waals surface area (Å²) in [6, 6.07) is 0. The van der Waals surface area contributed by atoms with E-state index in [4.69, 9.17) is 4.74 Å². The molecule has 0 aromatic rings. The van der Waals surface area contributed by atoms with Crippen LogP contribution < -0.4 is 0 Å². The molecule has 0 amide bonds. The van der Waals surface area contributed by atoms with Crippen molar-refractivity contribution in [3.63, 3.8) is 0 Å². The summed E-state index contributed by atoms with van der Waals surface area (Å²) in [6.07, 6.45) is 1.98. The minimum Gasteiger partial charge on any atom is -0.498 e. The molecule has 0 fully saturated rings. The smallest absolute Gasteiger partial charge is 0.0931 e. The number of allylic oxidation sites excluding steroid dienone is 1. The van der Waals surface area contributed by atoms with Crippen LogP contribution in [0.15, 0.2) is 10.7 Å². The van der Waals surface area contributed by atoms with Gasteiger partial charge in [-0.2, -0.15) is 0 Å². The van der Waals surface area contributed by atoms with Crippen LogP contribution in [0, 0.1) is 0 Å².